The number of rotatable bonds is 4. The summed E-state index contributed by atoms with van der Waals surface area (Å²) in [5, 5.41) is 13.1. The minimum atomic E-state index is -1.67. The first-order valence-corrected chi connectivity index (χ1v) is 5.63. The van der Waals surface area contributed by atoms with Crippen LogP contribution in [0.2, 0.25) is 0 Å². The Bertz CT molecular complexity index is 643. The van der Waals surface area contributed by atoms with Crippen molar-refractivity contribution in [2.24, 2.45) is 7.05 Å². The minimum absolute atomic E-state index is 0.130. The molecule has 1 heterocycles. The number of nitrogens with zero attached hydrogens (tertiary/aromatic N) is 4. The van der Waals surface area contributed by atoms with Crippen LogP contribution in [0, 0.1) is 17.5 Å². The number of aromatic nitrogens is 4. The van der Waals surface area contributed by atoms with Gasteiger partial charge in [0.15, 0.2) is 23.3 Å². The molecular formula is C11H10F3N5O. The summed E-state index contributed by atoms with van der Waals surface area (Å²) in [6, 6.07) is 1.58. The maximum Gasteiger partial charge on any atom is 0.254 e. The van der Waals surface area contributed by atoms with E-state index >= 15 is 0 Å². The van der Waals surface area contributed by atoms with Gasteiger partial charge >= 0.3 is 0 Å². The summed E-state index contributed by atoms with van der Waals surface area (Å²) in [5.41, 5.74) is -0.556. The normalized spacial score (nSPS) is 10.6. The molecule has 0 atom stereocenters. The lowest BCUT2D eigenvalue weighted by Gasteiger charge is -2.06. The molecule has 6 nitrogen and oxygen atoms in total. The van der Waals surface area contributed by atoms with E-state index in [1.807, 2.05) is 0 Å². The third-order valence-corrected chi connectivity index (χ3v) is 2.62. The number of hydrogen-bond donors (Lipinski definition) is 1. The fourth-order valence-corrected chi connectivity index (χ4v) is 1.54. The van der Waals surface area contributed by atoms with Gasteiger partial charge in [-0.05, 0) is 22.6 Å². The number of hydrogen-bond acceptors (Lipinski definition) is 4. The SMILES string of the molecule is Cn1nnnc1CCNC(=O)c1ccc(F)c(F)c1F. The van der Waals surface area contributed by atoms with Crippen LogP contribution in [0.3, 0.4) is 0 Å². The van der Waals surface area contributed by atoms with Crippen molar-refractivity contribution in [1.82, 2.24) is 25.5 Å². The molecule has 0 radical (unpaired) electrons. The summed E-state index contributed by atoms with van der Waals surface area (Å²) in [4.78, 5) is 11.6. The molecule has 0 aliphatic rings. The van der Waals surface area contributed by atoms with Gasteiger partial charge in [-0.3, -0.25) is 4.79 Å². The Morgan fingerprint density at radius 3 is 2.70 bits per heavy atom. The van der Waals surface area contributed by atoms with Gasteiger partial charge in [0.25, 0.3) is 5.91 Å². The first-order chi connectivity index (χ1) is 9.50. The molecule has 20 heavy (non-hydrogen) atoms. The average Bonchev–Trinajstić information content (AvgIpc) is 2.82. The van der Waals surface area contributed by atoms with Crippen molar-refractivity contribution >= 4 is 5.91 Å². The van der Waals surface area contributed by atoms with E-state index in [4.69, 9.17) is 0 Å². The van der Waals surface area contributed by atoms with Gasteiger partial charge in [0, 0.05) is 20.0 Å². The van der Waals surface area contributed by atoms with Crippen molar-refractivity contribution in [3.8, 4) is 0 Å². The highest BCUT2D eigenvalue weighted by molar-refractivity contribution is 5.94. The highest BCUT2D eigenvalue weighted by atomic mass is 19.2. The monoisotopic (exact) mass is 285 g/mol. The van der Waals surface area contributed by atoms with E-state index in [0.717, 1.165) is 6.07 Å². The molecule has 2 rings (SSSR count). The van der Waals surface area contributed by atoms with Gasteiger partial charge in [0.05, 0.1) is 5.56 Å². The van der Waals surface area contributed by atoms with Crippen LogP contribution in [0.25, 0.3) is 0 Å². The van der Waals surface area contributed by atoms with E-state index in [2.05, 4.69) is 20.8 Å². The first kappa shape index (κ1) is 14.0. The molecule has 0 fully saturated rings. The molecule has 106 valence electrons. The van der Waals surface area contributed by atoms with E-state index in [1.54, 1.807) is 7.05 Å². The van der Waals surface area contributed by atoms with E-state index in [9.17, 15) is 18.0 Å². The molecule has 1 N–H and O–H groups in total. The number of amides is 1. The minimum Gasteiger partial charge on any atom is -0.351 e. The predicted octanol–water partition coefficient (Wildman–Crippen LogP) is 0.600. The van der Waals surface area contributed by atoms with Crippen LogP contribution >= 0.6 is 0 Å². The maximum absolute atomic E-state index is 13.4. The van der Waals surface area contributed by atoms with E-state index < -0.39 is 28.9 Å². The molecule has 2 aromatic rings. The largest absolute Gasteiger partial charge is 0.351 e. The topological polar surface area (TPSA) is 72.7 Å². The molecular weight excluding hydrogens is 275 g/mol. The quantitative estimate of drug-likeness (QED) is 0.835. The Hall–Kier alpha value is -2.45. The molecule has 0 aliphatic carbocycles. The van der Waals surface area contributed by atoms with E-state index in [-0.39, 0.29) is 6.54 Å². The number of halogens is 3. The number of benzene rings is 1. The van der Waals surface area contributed by atoms with Gasteiger partial charge in [0.2, 0.25) is 0 Å². The zero-order valence-corrected chi connectivity index (χ0v) is 10.4. The lowest BCUT2D eigenvalue weighted by Crippen LogP contribution is -2.27. The fourth-order valence-electron chi connectivity index (χ4n) is 1.54. The highest BCUT2D eigenvalue weighted by Crippen LogP contribution is 2.14. The second-order valence-corrected chi connectivity index (χ2v) is 3.95. The Balaban J connectivity index is 1.99. The second kappa shape index (κ2) is 5.68. The molecule has 0 spiro atoms. The maximum atomic E-state index is 13.4. The lowest BCUT2D eigenvalue weighted by atomic mass is 10.2. The first-order valence-electron chi connectivity index (χ1n) is 5.63. The molecule has 1 aromatic heterocycles. The smallest absolute Gasteiger partial charge is 0.254 e. The second-order valence-electron chi connectivity index (χ2n) is 3.95. The molecule has 1 amide bonds. The average molecular weight is 285 g/mol. The van der Waals surface area contributed by atoms with Gasteiger partial charge in [-0.1, -0.05) is 0 Å². The van der Waals surface area contributed by atoms with Crippen LogP contribution in [0.15, 0.2) is 12.1 Å². The van der Waals surface area contributed by atoms with Crippen LogP contribution in [0.1, 0.15) is 16.2 Å². The molecule has 0 saturated carbocycles. The van der Waals surface area contributed by atoms with Crippen LogP contribution < -0.4 is 5.32 Å². The van der Waals surface area contributed by atoms with Crippen molar-refractivity contribution in [2.75, 3.05) is 6.54 Å². The van der Waals surface area contributed by atoms with Crippen LogP contribution in [0.4, 0.5) is 13.2 Å². The molecule has 1 aromatic carbocycles. The third-order valence-electron chi connectivity index (χ3n) is 2.62. The number of carbonyl (C=O) groups excluding carboxylic acids is 1. The zero-order chi connectivity index (χ0) is 14.7. The van der Waals surface area contributed by atoms with Gasteiger partial charge in [-0.15, -0.1) is 5.10 Å². The Labute approximate surface area is 111 Å². The van der Waals surface area contributed by atoms with Crippen molar-refractivity contribution < 1.29 is 18.0 Å². The molecule has 0 aliphatic heterocycles. The van der Waals surface area contributed by atoms with Crippen molar-refractivity contribution in [3.05, 3.63) is 41.0 Å². The Kier molecular flexibility index (Phi) is 3.97. The molecule has 0 unspecified atom stereocenters. The van der Waals surface area contributed by atoms with E-state index in [1.165, 1.54) is 4.68 Å². The molecule has 0 bridgehead atoms. The number of aryl methyl sites for hydroxylation is 1. The fraction of sp³-hybridized carbons (Fsp3) is 0.273. The lowest BCUT2D eigenvalue weighted by molar-refractivity contribution is 0.0948. The van der Waals surface area contributed by atoms with Crippen molar-refractivity contribution in [2.45, 2.75) is 6.42 Å². The van der Waals surface area contributed by atoms with Gasteiger partial charge in [-0.2, -0.15) is 0 Å². The predicted molar refractivity (Wildman–Crippen MR) is 61.2 cm³/mol. The van der Waals surface area contributed by atoms with Crippen LogP contribution in [0.5, 0.6) is 0 Å². The molecule has 0 saturated heterocycles. The number of carbonyl (C=O) groups is 1. The van der Waals surface area contributed by atoms with Gasteiger partial charge in [0.1, 0.15) is 0 Å². The highest BCUT2D eigenvalue weighted by Gasteiger charge is 2.18. The van der Waals surface area contributed by atoms with E-state index in [0.29, 0.717) is 18.3 Å². The summed E-state index contributed by atoms with van der Waals surface area (Å²) in [7, 11) is 1.63. The van der Waals surface area contributed by atoms with Crippen LogP contribution in [-0.2, 0) is 13.5 Å². The number of tetrazole rings is 1. The zero-order valence-electron chi connectivity index (χ0n) is 10.4. The standard InChI is InChI=1S/C11H10F3N5O/c1-19-8(16-17-18-19)4-5-15-11(20)6-2-3-7(12)10(14)9(6)13/h2-3H,4-5H2,1H3,(H,15,20). The van der Waals surface area contributed by atoms with Gasteiger partial charge < -0.3 is 5.32 Å². The Morgan fingerprint density at radius 2 is 2.05 bits per heavy atom. The summed E-state index contributed by atoms with van der Waals surface area (Å²) in [6.45, 7) is 0.130. The van der Waals surface area contributed by atoms with Crippen molar-refractivity contribution in [3.63, 3.8) is 0 Å². The summed E-state index contributed by atoms with van der Waals surface area (Å²) < 4.78 is 40.5. The molecule has 9 heteroatoms. The summed E-state index contributed by atoms with van der Waals surface area (Å²) >= 11 is 0. The van der Waals surface area contributed by atoms with Crippen LogP contribution in [-0.4, -0.2) is 32.7 Å². The van der Waals surface area contributed by atoms with Gasteiger partial charge in [-0.25, -0.2) is 17.9 Å². The third kappa shape index (κ3) is 2.76. The number of nitrogens with one attached hydrogen (secondary N) is 1. The van der Waals surface area contributed by atoms with Crippen molar-refractivity contribution in [1.29, 1.82) is 0 Å². The summed E-state index contributed by atoms with van der Waals surface area (Å²) in [6.07, 6.45) is 0.320. The Morgan fingerprint density at radius 1 is 1.30 bits per heavy atom. The summed E-state index contributed by atoms with van der Waals surface area (Å²) in [5.74, 6) is -4.84.